The molecule has 4 N–H and O–H groups in total. The van der Waals surface area contributed by atoms with Crippen LogP contribution in [-0.2, 0) is 24.6 Å². The van der Waals surface area contributed by atoms with Crippen LogP contribution in [0.15, 0.2) is 53.5 Å². The standard InChI is InChI=1S/C19H18ClN3O.C5H10O2.CH2O2/c1-19(11-24-10-18(21)23-19)14-4-2-3-12(7-14)16-8-13-5-6-15(20)9-17(13)22-16;1-5(2,3)7-4-6;2-1-3/h2-9,22H,10-11H2,1H3,(H2,21,23);4H,1-3H3;1H,(H,2,3). The van der Waals surface area contributed by atoms with Crippen molar-refractivity contribution in [3.63, 3.8) is 0 Å². The van der Waals surface area contributed by atoms with Gasteiger partial charge < -0.3 is 25.3 Å². The minimum atomic E-state index is -0.451. The highest BCUT2D eigenvalue weighted by atomic mass is 35.5. The molecule has 1 unspecified atom stereocenters. The number of rotatable bonds is 3. The molecule has 8 nitrogen and oxygen atoms in total. The lowest BCUT2D eigenvalue weighted by Crippen LogP contribution is -2.37. The average Bonchev–Trinajstić information content (AvgIpc) is 3.17. The van der Waals surface area contributed by atoms with Gasteiger partial charge in [-0.3, -0.25) is 14.6 Å². The maximum Gasteiger partial charge on any atom is 0.293 e. The molecule has 1 aliphatic rings. The van der Waals surface area contributed by atoms with Crippen molar-refractivity contribution in [2.75, 3.05) is 13.2 Å². The smallest absolute Gasteiger partial charge is 0.293 e. The van der Waals surface area contributed by atoms with E-state index in [1.165, 1.54) is 0 Å². The van der Waals surface area contributed by atoms with Crippen molar-refractivity contribution < 1.29 is 24.2 Å². The number of aromatic nitrogens is 1. The first kappa shape index (κ1) is 26.9. The minimum Gasteiger partial charge on any atom is -0.483 e. The molecule has 1 aromatic heterocycles. The van der Waals surface area contributed by atoms with Crippen molar-refractivity contribution in [1.29, 1.82) is 0 Å². The Labute approximate surface area is 203 Å². The number of aliphatic imine (C=N–C) groups is 1. The Hall–Kier alpha value is -3.36. The molecule has 9 heteroatoms. The molecule has 34 heavy (non-hydrogen) atoms. The number of ether oxygens (including phenoxy) is 2. The molecule has 0 radical (unpaired) electrons. The monoisotopic (exact) mass is 487 g/mol. The van der Waals surface area contributed by atoms with E-state index < -0.39 is 5.54 Å². The topological polar surface area (TPSA) is 127 Å². The summed E-state index contributed by atoms with van der Waals surface area (Å²) >= 11 is 6.07. The third-order valence-corrected chi connectivity index (χ3v) is 5.04. The zero-order valence-corrected chi connectivity index (χ0v) is 20.4. The van der Waals surface area contributed by atoms with E-state index in [0.29, 0.717) is 25.5 Å². The molecule has 0 fully saturated rings. The number of carbonyl (C=O) groups is 2. The maximum atomic E-state index is 9.60. The average molecular weight is 488 g/mol. The number of fused-ring (bicyclic) bond motifs is 1. The summed E-state index contributed by atoms with van der Waals surface area (Å²) in [6, 6.07) is 16.3. The number of aromatic amines is 1. The summed E-state index contributed by atoms with van der Waals surface area (Å²) in [5, 5.41) is 8.75. The van der Waals surface area contributed by atoms with E-state index in [0.717, 1.165) is 32.7 Å². The molecular weight excluding hydrogens is 458 g/mol. The van der Waals surface area contributed by atoms with Gasteiger partial charge in [-0.1, -0.05) is 35.9 Å². The van der Waals surface area contributed by atoms with E-state index in [9.17, 15) is 4.79 Å². The molecule has 0 amide bonds. The normalized spacial score (nSPS) is 17.4. The van der Waals surface area contributed by atoms with Crippen LogP contribution in [0.2, 0.25) is 5.02 Å². The summed E-state index contributed by atoms with van der Waals surface area (Å²) in [7, 11) is 0. The van der Waals surface area contributed by atoms with Gasteiger partial charge in [0.25, 0.3) is 12.9 Å². The van der Waals surface area contributed by atoms with Gasteiger partial charge in [-0.05, 0) is 63.1 Å². The molecule has 0 saturated heterocycles. The van der Waals surface area contributed by atoms with Crippen LogP contribution in [0.3, 0.4) is 0 Å². The molecule has 0 aliphatic carbocycles. The van der Waals surface area contributed by atoms with Gasteiger partial charge in [-0.25, -0.2) is 0 Å². The first-order chi connectivity index (χ1) is 16.0. The molecule has 182 valence electrons. The van der Waals surface area contributed by atoms with Crippen LogP contribution in [0.4, 0.5) is 0 Å². The molecule has 0 spiro atoms. The molecule has 0 bridgehead atoms. The Morgan fingerprint density at radius 3 is 2.50 bits per heavy atom. The lowest BCUT2D eigenvalue weighted by atomic mass is 9.91. The van der Waals surface area contributed by atoms with Crippen molar-refractivity contribution in [3.05, 3.63) is 59.1 Å². The van der Waals surface area contributed by atoms with Crippen molar-refractivity contribution in [2.24, 2.45) is 10.7 Å². The summed E-state index contributed by atoms with van der Waals surface area (Å²) in [5.41, 5.74) is 9.35. The van der Waals surface area contributed by atoms with Crippen LogP contribution in [0.25, 0.3) is 22.2 Å². The number of H-pyrrole nitrogens is 1. The largest absolute Gasteiger partial charge is 0.483 e. The van der Waals surface area contributed by atoms with Gasteiger partial charge in [0.15, 0.2) is 0 Å². The molecule has 3 aromatic rings. The summed E-state index contributed by atoms with van der Waals surface area (Å²) in [5.74, 6) is 0.536. The van der Waals surface area contributed by atoms with Crippen LogP contribution in [-0.4, -0.2) is 47.7 Å². The summed E-state index contributed by atoms with van der Waals surface area (Å²) in [6.07, 6.45) is 0. The van der Waals surface area contributed by atoms with Crippen molar-refractivity contribution >= 4 is 41.3 Å². The number of hydrogen-bond acceptors (Lipinski definition) is 6. The first-order valence-corrected chi connectivity index (χ1v) is 10.9. The lowest BCUT2D eigenvalue weighted by Gasteiger charge is -2.30. The zero-order valence-electron chi connectivity index (χ0n) is 19.7. The fraction of sp³-hybridized carbons (Fsp3) is 0.320. The predicted molar refractivity (Wildman–Crippen MR) is 134 cm³/mol. The second kappa shape index (κ2) is 11.7. The quantitative estimate of drug-likeness (QED) is 0.457. The Kier molecular flexibility index (Phi) is 9.23. The SMILES string of the molecule is CC(C)(C)OC=O.CC1(c2cccc(-c3cc4ccc(Cl)cc4[nH]3)c2)COCC(N)=N1.O=CO. The van der Waals surface area contributed by atoms with Crippen molar-refractivity contribution in [1.82, 2.24) is 4.98 Å². The highest BCUT2D eigenvalue weighted by Crippen LogP contribution is 2.32. The second-order valence-corrected chi connectivity index (χ2v) is 9.23. The van der Waals surface area contributed by atoms with E-state index in [1.807, 2.05) is 52.0 Å². The summed E-state index contributed by atoms with van der Waals surface area (Å²) in [4.78, 5) is 26.0. The van der Waals surface area contributed by atoms with Gasteiger partial charge >= 0.3 is 0 Å². The third-order valence-electron chi connectivity index (χ3n) is 4.81. The highest BCUT2D eigenvalue weighted by molar-refractivity contribution is 6.31. The number of carbonyl (C=O) groups excluding carboxylic acids is 1. The number of nitrogens with one attached hydrogen (secondary N) is 1. The van der Waals surface area contributed by atoms with Crippen LogP contribution in [0.1, 0.15) is 33.3 Å². The van der Waals surface area contributed by atoms with Gasteiger partial charge in [0.05, 0.1) is 6.61 Å². The lowest BCUT2D eigenvalue weighted by molar-refractivity contribution is -0.138. The molecule has 2 heterocycles. The molecule has 2 aromatic carbocycles. The van der Waals surface area contributed by atoms with Crippen molar-refractivity contribution in [3.8, 4) is 11.3 Å². The van der Waals surface area contributed by atoms with E-state index in [4.69, 9.17) is 32.0 Å². The second-order valence-electron chi connectivity index (χ2n) is 8.80. The summed E-state index contributed by atoms with van der Waals surface area (Å²) < 4.78 is 10.1. The van der Waals surface area contributed by atoms with E-state index in [1.54, 1.807) is 0 Å². The van der Waals surface area contributed by atoms with Gasteiger partial charge in [-0.15, -0.1) is 0 Å². The number of hydrogen-bond donors (Lipinski definition) is 3. The maximum absolute atomic E-state index is 9.60. The first-order valence-electron chi connectivity index (χ1n) is 10.5. The van der Waals surface area contributed by atoms with Crippen molar-refractivity contribution in [2.45, 2.75) is 38.8 Å². The highest BCUT2D eigenvalue weighted by Gasteiger charge is 2.30. The van der Waals surface area contributed by atoms with E-state index in [-0.39, 0.29) is 12.1 Å². The molecule has 1 aliphatic heterocycles. The third kappa shape index (κ3) is 7.60. The van der Waals surface area contributed by atoms with E-state index >= 15 is 0 Å². The fourth-order valence-corrected chi connectivity index (χ4v) is 3.48. The number of nitrogens with zero attached hydrogens (tertiary/aromatic N) is 1. The molecular formula is C25H30ClN3O5. The number of carboxylic acid groups (broad SMARTS) is 1. The number of amidine groups is 1. The molecule has 0 saturated carbocycles. The number of benzene rings is 2. The van der Waals surface area contributed by atoms with Gasteiger partial charge in [0, 0.05) is 21.6 Å². The number of halogens is 1. The molecule has 1 atom stereocenters. The molecule has 4 rings (SSSR count). The Balaban J connectivity index is 0.000000348. The van der Waals surface area contributed by atoms with Gasteiger partial charge in [0.2, 0.25) is 0 Å². The van der Waals surface area contributed by atoms with Crippen LogP contribution in [0, 0.1) is 0 Å². The van der Waals surface area contributed by atoms with Gasteiger partial charge in [-0.2, -0.15) is 0 Å². The van der Waals surface area contributed by atoms with Crippen LogP contribution >= 0.6 is 11.6 Å². The Morgan fingerprint density at radius 1 is 1.21 bits per heavy atom. The Bertz CT molecular complexity index is 1150. The fourth-order valence-electron chi connectivity index (χ4n) is 3.30. The number of nitrogens with two attached hydrogens (primary N) is 1. The summed E-state index contributed by atoms with van der Waals surface area (Å²) in [6.45, 7) is 8.64. The van der Waals surface area contributed by atoms with Crippen LogP contribution < -0.4 is 5.73 Å². The van der Waals surface area contributed by atoms with Gasteiger partial charge in [0.1, 0.15) is 23.6 Å². The van der Waals surface area contributed by atoms with Crippen LogP contribution in [0.5, 0.6) is 0 Å². The minimum absolute atomic E-state index is 0.250. The van der Waals surface area contributed by atoms with E-state index in [2.05, 4.69) is 39.0 Å². The zero-order chi connectivity index (χ0) is 25.4. The predicted octanol–water partition coefficient (Wildman–Crippen LogP) is 4.75. The Morgan fingerprint density at radius 2 is 1.91 bits per heavy atom.